The predicted octanol–water partition coefficient (Wildman–Crippen LogP) is 5.77. The fourth-order valence-electron chi connectivity index (χ4n) is 7.85. The van der Waals surface area contributed by atoms with Crippen LogP contribution in [0.15, 0.2) is 0 Å². The highest BCUT2D eigenvalue weighted by Gasteiger charge is 2.68. The van der Waals surface area contributed by atoms with E-state index in [1.807, 2.05) is 0 Å². The summed E-state index contributed by atoms with van der Waals surface area (Å²) in [5.41, 5.74) is 1.34. The van der Waals surface area contributed by atoms with Gasteiger partial charge in [0, 0.05) is 0 Å². The van der Waals surface area contributed by atoms with E-state index in [0.29, 0.717) is 5.41 Å². The van der Waals surface area contributed by atoms with Gasteiger partial charge in [-0.05, 0) is 84.4 Å². The van der Waals surface area contributed by atoms with Gasteiger partial charge in [0.05, 0.1) is 0 Å². The molecule has 4 fully saturated rings. The van der Waals surface area contributed by atoms with Crippen molar-refractivity contribution in [2.75, 3.05) is 0 Å². The zero-order valence-corrected chi connectivity index (χ0v) is 14.3. The molecule has 8 atom stereocenters. The molecule has 0 spiro atoms. The number of hydrogen-bond donors (Lipinski definition) is 0. The van der Waals surface area contributed by atoms with Crippen LogP contribution in [0.1, 0.15) is 73.1 Å². The molecule has 0 bridgehead atoms. The molecule has 0 saturated heterocycles. The molecule has 0 heterocycles. The summed E-state index contributed by atoms with van der Waals surface area (Å²) >= 11 is 0. The molecule has 4 saturated carbocycles. The maximum Gasteiger partial charge on any atom is -0.0258 e. The van der Waals surface area contributed by atoms with Crippen molar-refractivity contribution in [2.45, 2.75) is 73.1 Å². The lowest BCUT2D eigenvalue weighted by Crippen LogP contribution is -2.67. The van der Waals surface area contributed by atoms with Crippen LogP contribution in [0.3, 0.4) is 0 Å². The Hall–Kier alpha value is 0. The molecule has 4 rings (SSSR count). The van der Waals surface area contributed by atoms with Crippen molar-refractivity contribution in [2.24, 2.45) is 52.3 Å². The smallest absolute Gasteiger partial charge is 0.0258 e. The highest BCUT2D eigenvalue weighted by molar-refractivity contribution is 5.16. The normalized spacial score (nSPS) is 60.1. The van der Waals surface area contributed by atoms with Gasteiger partial charge in [0.15, 0.2) is 0 Å². The van der Waals surface area contributed by atoms with Crippen molar-refractivity contribution in [1.29, 1.82) is 0 Å². The quantitative estimate of drug-likeness (QED) is 0.526. The second-order valence-corrected chi connectivity index (χ2v) is 10.1. The van der Waals surface area contributed by atoms with Crippen LogP contribution >= 0.6 is 0 Å². The van der Waals surface area contributed by atoms with Crippen LogP contribution in [-0.4, -0.2) is 0 Å². The van der Waals surface area contributed by atoms with E-state index in [1.54, 1.807) is 12.8 Å². The summed E-state index contributed by atoms with van der Waals surface area (Å²) in [6.07, 6.45) is 9.21. The van der Waals surface area contributed by atoms with Crippen LogP contribution in [-0.2, 0) is 0 Å². The van der Waals surface area contributed by atoms with Crippen LogP contribution in [0.4, 0.5) is 0 Å². The maximum atomic E-state index is 2.69. The summed E-state index contributed by atoms with van der Waals surface area (Å²) in [4.78, 5) is 0. The first-order valence-corrected chi connectivity index (χ1v) is 9.34. The van der Waals surface area contributed by atoms with Gasteiger partial charge < -0.3 is 0 Å². The van der Waals surface area contributed by atoms with Crippen molar-refractivity contribution in [3.8, 4) is 0 Å². The molecule has 0 aromatic rings. The predicted molar refractivity (Wildman–Crippen MR) is 85.4 cm³/mol. The van der Waals surface area contributed by atoms with Gasteiger partial charge in [-0.3, -0.25) is 0 Å². The molecule has 0 aromatic heterocycles. The van der Waals surface area contributed by atoms with E-state index in [9.17, 15) is 0 Å². The fourth-order valence-corrected chi connectivity index (χ4v) is 7.85. The lowest BCUT2D eigenvalue weighted by atomic mass is 9.31. The second kappa shape index (κ2) is 4.05. The van der Waals surface area contributed by atoms with E-state index in [2.05, 4.69) is 34.6 Å². The van der Waals surface area contributed by atoms with Crippen molar-refractivity contribution in [3.63, 3.8) is 0 Å². The molecule has 8 unspecified atom stereocenters. The first-order chi connectivity index (χ1) is 9.34. The Balaban J connectivity index is 1.73. The van der Waals surface area contributed by atoms with Crippen LogP contribution in [0.2, 0.25) is 0 Å². The van der Waals surface area contributed by atoms with Crippen molar-refractivity contribution < 1.29 is 0 Å². The Morgan fingerprint density at radius 1 is 0.750 bits per heavy atom. The molecule has 0 nitrogen and oxygen atoms in total. The molecular formula is C20H34. The van der Waals surface area contributed by atoms with Crippen LogP contribution in [0.5, 0.6) is 0 Å². The molecule has 4 aliphatic rings. The average Bonchev–Trinajstić information content (AvgIpc) is 2.35. The molecule has 0 heteroatoms. The van der Waals surface area contributed by atoms with Crippen LogP contribution in [0.25, 0.3) is 0 Å². The zero-order chi connectivity index (χ0) is 14.3. The Labute approximate surface area is 126 Å². The average molecular weight is 274 g/mol. The SMILES string of the molecule is CC1CCC2C(C1)C(C)(C)C1CC(C)CC3CC2(C)C31. The molecule has 0 aromatic carbocycles. The monoisotopic (exact) mass is 274 g/mol. The van der Waals surface area contributed by atoms with Gasteiger partial charge in [-0.2, -0.15) is 0 Å². The Bertz CT molecular complexity index is 392. The minimum absolute atomic E-state index is 0.608. The topological polar surface area (TPSA) is 0 Å². The maximum absolute atomic E-state index is 2.69. The highest BCUT2D eigenvalue weighted by atomic mass is 14.7. The Morgan fingerprint density at radius 3 is 2.20 bits per heavy atom. The van der Waals surface area contributed by atoms with Crippen molar-refractivity contribution >= 4 is 0 Å². The lowest BCUT2D eigenvalue weighted by molar-refractivity contribution is -0.249. The molecule has 0 radical (unpaired) electrons. The van der Waals surface area contributed by atoms with Crippen LogP contribution in [0, 0.1) is 52.3 Å². The summed E-state index contributed by atoms with van der Waals surface area (Å²) in [6.45, 7) is 13.0. The van der Waals surface area contributed by atoms with Gasteiger partial charge in [-0.1, -0.05) is 41.0 Å². The first-order valence-electron chi connectivity index (χ1n) is 9.34. The van der Waals surface area contributed by atoms with Crippen molar-refractivity contribution in [3.05, 3.63) is 0 Å². The summed E-state index contributed by atoms with van der Waals surface area (Å²) < 4.78 is 0. The van der Waals surface area contributed by atoms with E-state index in [1.165, 1.54) is 25.7 Å². The second-order valence-electron chi connectivity index (χ2n) is 10.1. The molecular weight excluding hydrogens is 240 g/mol. The standard InChI is InChI=1S/C20H34/c1-12-6-7-15-16(9-12)19(3,4)17-10-13(2)8-14-11-20(15,5)18(14)17/h12-18H,6-11H2,1-5H3. The summed E-state index contributed by atoms with van der Waals surface area (Å²) in [6, 6.07) is 0. The summed E-state index contributed by atoms with van der Waals surface area (Å²) in [5.74, 6) is 7.25. The summed E-state index contributed by atoms with van der Waals surface area (Å²) in [7, 11) is 0. The van der Waals surface area contributed by atoms with Crippen LogP contribution < -0.4 is 0 Å². The number of hydrogen-bond acceptors (Lipinski definition) is 0. The van der Waals surface area contributed by atoms with Gasteiger partial charge in [0.25, 0.3) is 0 Å². The van der Waals surface area contributed by atoms with E-state index in [-0.39, 0.29) is 0 Å². The Morgan fingerprint density at radius 2 is 1.45 bits per heavy atom. The van der Waals surface area contributed by atoms with E-state index in [4.69, 9.17) is 0 Å². The number of rotatable bonds is 0. The molecule has 0 aliphatic heterocycles. The van der Waals surface area contributed by atoms with Gasteiger partial charge >= 0.3 is 0 Å². The third-order valence-corrected chi connectivity index (χ3v) is 8.64. The first kappa shape index (κ1) is 13.6. The molecule has 4 aliphatic carbocycles. The van der Waals surface area contributed by atoms with E-state index in [0.717, 1.165) is 46.8 Å². The lowest BCUT2D eigenvalue weighted by Gasteiger charge is -2.73. The van der Waals surface area contributed by atoms with Gasteiger partial charge in [-0.15, -0.1) is 0 Å². The molecule has 0 amide bonds. The molecule has 114 valence electrons. The fraction of sp³-hybridized carbons (Fsp3) is 1.00. The van der Waals surface area contributed by atoms with Gasteiger partial charge in [0.2, 0.25) is 0 Å². The molecule has 0 N–H and O–H groups in total. The van der Waals surface area contributed by atoms with E-state index < -0.39 is 0 Å². The Kier molecular flexibility index (Phi) is 2.76. The summed E-state index contributed by atoms with van der Waals surface area (Å²) in [5, 5.41) is 0. The third-order valence-electron chi connectivity index (χ3n) is 8.64. The largest absolute Gasteiger partial charge is 0.0625 e. The van der Waals surface area contributed by atoms with Crippen molar-refractivity contribution in [1.82, 2.24) is 0 Å². The minimum atomic E-state index is 0.608. The highest BCUT2D eigenvalue weighted by Crippen LogP contribution is 2.74. The van der Waals surface area contributed by atoms with Gasteiger partial charge in [0.1, 0.15) is 0 Å². The van der Waals surface area contributed by atoms with E-state index >= 15 is 0 Å². The molecule has 20 heavy (non-hydrogen) atoms. The van der Waals surface area contributed by atoms with Gasteiger partial charge in [-0.25, -0.2) is 0 Å². The minimum Gasteiger partial charge on any atom is -0.0625 e. The zero-order valence-electron chi connectivity index (χ0n) is 14.3. The third kappa shape index (κ3) is 1.55. The number of fused-ring (bicyclic) bond motifs is 2.